The molecule has 12 rings (SSSR count). The Kier molecular flexibility index (Phi) is 9.20. The van der Waals surface area contributed by atoms with Gasteiger partial charge in [-0.1, -0.05) is 231 Å². The van der Waals surface area contributed by atoms with E-state index in [4.69, 9.17) is 9.97 Å². The largest absolute Gasteiger partial charge is 0.228 e. The second-order valence-corrected chi connectivity index (χ2v) is 16.5. The molecule has 2 nitrogen and oxygen atoms in total. The lowest BCUT2D eigenvalue weighted by Gasteiger charge is -2.15. The first-order valence-electron chi connectivity index (χ1n) is 21.9. The minimum absolute atomic E-state index is 0.705. The Morgan fingerprint density at radius 2 is 0.688 bits per heavy atom. The summed E-state index contributed by atoms with van der Waals surface area (Å²) in [5.41, 5.74) is 14.5. The van der Waals surface area contributed by atoms with Crippen LogP contribution in [0, 0.1) is 0 Å². The number of nitrogens with zero attached hydrogens (tertiary/aromatic N) is 2. The molecule has 0 N–H and O–H groups in total. The van der Waals surface area contributed by atoms with E-state index in [0.717, 1.165) is 33.5 Å². The van der Waals surface area contributed by atoms with Crippen molar-refractivity contribution in [3.63, 3.8) is 0 Å². The van der Waals surface area contributed by atoms with Crippen LogP contribution in [0.2, 0.25) is 0 Å². The molecule has 0 aliphatic rings. The Morgan fingerprint density at radius 1 is 0.219 bits per heavy atom. The van der Waals surface area contributed by atoms with E-state index in [1.165, 1.54) is 82.2 Å². The Balaban J connectivity index is 0.890. The third-order valence-electron chi connectivity index (χ3n) is 12.7. The zero-order chi connectivity index (χ0) is 42.4. The molecule has 298 valence electrons. The van der Waals surface area contributed by atoms with E-state index >= 15 is 0 Å². The van der Waals surface area contributed by atoms with Gasteiger partial charge in [0.2, 0.25) is 0 Å². The van der Waals surface area contributed by atoms with Gasteiger partial charge in [0.25, 0.3) is 0 Å². The number of aromatic nitrogens is 2. The van der Waals surface area contributed by atoms with Gasteiger partial charge in [-0.25, -0.2) is 9.97 Å². The molecule has 0 amide bonds. The summed E-state index contributed by atoms with van der Waals surface area (Å²) in [6.45, 7) is 0. The fourth-order valence-corrected chi connectivity index (χ4v) is 9.49. The monoisotopic (exact) mass is 812 g/mol. The van der Waals surface area contributed by atoms with Gasteiger partial charge in [-0.2, -0.15) is 0 Å². The van der Waals surface area contributed by atoms with Gasteiger partial charge in [0.15, 0.2) is 5.82 Å². The van der Waals surface area contributed by atoms with Crippen LogP contribution in [0.1, 0.15) is 0 Å². The lowest BCUT2D eigenvalue weighted by Crippen LogP contribution is -1.96. The molecule has 12 aromatic rings. The van der Waals surface area contributed by atoms with Crippen molar-refractivity contribution in [1.29, 1.82) is 0 Å². The van der Waals surface area contributed by atoms with Crippen LogP contribution in [-0.4, -0.2) is 9.97 Å². The quantitative estimate of drug-likeness (QED) is 0.118. The van der Waals surface area contributed by atoms with Crippen LogP contribution in [0.15, 0.2) is 243 Å². The van der Waals surface area contributed by atoms with E-state index in [0.29, 0.717) is 5.82 Å². The van der Waals surface area contributed by atoms with Crippen molar-refractivity contribution >= 4 is 43.1 Å². The lowest BCUT2D eigenvalue weighted by atomic mass is 9.89. The smallest absolute Gasteiger partial charge is 0.160 e. The van der Waals surface area contributed by atoms with Crippen LogP contribution >= 0.6 is 0 Å². The van der Waals surface area contributed by atoms with Crippen LogP contribution < -0.4 is 0 Å². The standard InChI is InChI=1S/C62H40N2/c1-3-13-41(14-4-1)42-25-31-47(32-26-42)59-40-60(64-62(63-59)49-16-5-2-6-17-49)56-38-37-52(54-21-11-12-22-55(54)56)46-29-23-43(24-30-46)44-27-33-48(34-28-44)61-53-20-10-8-18-50(53)39-58-51-19-9-7-15-45(51)35-36-57(58)61/h1-40H. The second kappa shape index (κ2) is 15.8. The molecule has 0 spiro atoms. The molecule has 0 saturated carbocycles. The summed E-state index contributed by atoms with van der Waals surface area (Å²) in [5.74, 6) is 0.705. The Morgan fingerprint density at radius 3 is 1.36 bits per heavy atom. The predicted molar refractivity (Wildman–Crippen MR) is 270 cm³/mol. The topological polar surface area (TPSA) is 25.8 Å². The fraction of sp³-hybridized carbons (Fsp3) is 0. The van der Waals surface area contributed by atoms with Crippen LogP contribution in [-0.2, 0) is 0 Å². The number of benzene rings is 11. The summed E-state index contributed by atoms with van der Waals surface area (Å²) in [6.07, 6.45) is 0. The summed E-state index contributed by atoms with van der Waals surface area (Å²) in [7, 11) is 0. The molecule has 0 bridgehead atoms. The highest BCUT2D eigenvalue weighted by molar-refractivity contribution is 6.20. The predicted octanol–water partition coefficient (Wildman–Crippen LogP) is 16.8. The molecule has 0 unspecified atom stereocenters. The third-order valence-corrected chi connectivity index (χ3v) is 12.7. The summed E-state index contributed by atoms with van der Waals surface area (Å²) in [6, 6.07) is 87.2. The minimum atomic E-state index is 0.705. The molecule has 1 heterocycles. The fourth-order valence-electron chi connectivity index (χ4n) is 9.49. The van der Waals surface area contributed by atoms with Crippen LogP contribution in [0.25, 0.3) is 122 Å². The first-order chi connectivity index (χ1) is 31.7. The normalized spacial score (nSPS) is 11.4. The van der Waals surface area contributed by atoms with E-state index < -0.39 is 0 Å². The van der Waals surface area contributed by atoms with Gasteiger partial charge in [-0.15, -0.1) is 0 Å². The van der Waals surface area contributed by atoms with Gasteiger partial charge in [0.05, 0.1) is 11.4 Å². The SMILES string of the molecule is c1ccc(-c2ccc(-c3cc(-c4ccc(-c5ccc(-c6ccc(-c7c8ccccc8cc8c7ccc7ccccc78)cc6)cc5)c5ccccc45)nc(-c4ccccc4)n3)cc2)cc1. The number of hydrogen-bond acceptors (Lipinski definition) is 2. The Hall–Kier alpha value is -8.46. The van der Waals surface area contributed by atoms with Gasteiger partial charge in [0.1, 0.15) is 0 Å². The zero-order valence-corrected chi connectivity index (χ0v) is 35.0. The van der Waals surface area contributed by atoms with Crippen molar-refractivity contribution in [2.75, 3.05) is 0 Å². The maximum Gasteiger partial charge on any atom is 0.160 e. The summed E-state index contributed by atoms with van der Waals surface area (Å²) in [4.78, 5) is 10.3. The third kappa shape index (κ3) is 6.70. The van der Waals surface area contributed by atoms with Crippen molar-refractivity contribution < 1.29 is 0 Å². The van der Waals surface area contributed by atoms with E-state index in [-0.39, 0.29) is 0 Å². The molecular formula is C62H40N2. The molecule has 0 aliphatic heterocycles. The van der Waals surface area contributed by atoms with Crippen molar-refractivity contribution in [3.05, 3.63) is 243 Å². The van der Waals surface area contributed by atoms with Gasteiger partial charge in [-0.05, 0) is 99.7 Å². The molecule has 11 aromatic carbocycles. The highest BCUT2D eigenvalue weighted by atomic mass is 14.9. The van der Waals surface area contributed by atoms with E-state index in [9.17, 15) is 0 Å². The number of hydrogen-bond donors (Lipinski definition) is 0. The van der Waals surface area contributed by atoms with Gasteiger partial charge in [0, 0.05) is 16.7 Å². The second-order valence-electron chi connectivity index (χ2n) is 16.5. The summed E-state index contributed by atoms with van der Waals surface area (Å²) >= 11 is 0. The van der Waals surface area contributed by atoms with Gasteiger partial charge < -0.3 is 0 Å². The summed E-state index contributed by atoms with van der Waals surface area (Å²) in [5, 5.41) is 9.97. The zero-order valence-electron chi connectivity index (χ0n) is 35.0. The Bertz CT molecular complexity index is 3670. The molecular weight excluding hydrogens is 773 g/mol. The van der Waals surface area contributed by atoms with Gasteiger partial charge in [-0.3, -0.25) is 0 Å². The van der Waals surface area contributed by atoms with Gasteiger partial charge >= 0.3 is 0 Å². The van der Waals surface area contributed by atoms with Crippen LogP contribution in [0.4, 0.5) is 0 Å². The number of rotatable bonds is 7. The molecule has 0 atom stereocenters. The van der Waals surface area contributed by atoms with E-state index in [1.54, 1.807) is 0 Å². The van der Waals surface area contributed by atoms with Crippen LogP contribution in [0.5, 0.6) is 0 Å². The first-order valence-corrected chi connectivity index (χ1v) is 21.9. The molecule has 0 saturated heterocycles. The highest BCUT2D eigenvalue weighted by Gasteiger charge is 2.16. The Labute approximate surface area is 372 Å². The molecule has 0 aliphatic carbocycles. The maximum atomic E-state index is 5.22. The maximum absolute atomic E-state index is 5.22. The first kappa shape index (κ1) is 37.3. The van der Waals surface area contributed by atoms with E-state index in [2.05, 4.69) is 218 Å². The van der Waals surface area contributed by atoms with Crippen molar-refractivity contribution in [1.82, 2.24) is 9.97 Å². The molecule has 1 aromatic heterocycles. The van der Waals surface area contributed by atoms with Crippen molar-refractivity contribution in [2.45, 2.75) is 0 Å². The molecule has 0 radical (unpaired) electrons. The van der Waals surface area contributed by atoms with Crippen molar-refractivity contribution in [2.24, 2.45) is 0 Å². The number of fused-ring (bicyclic) bond motifs is 5. The molecule has 0 fully saturated rings. The lowest BCUT2D eigenvalue weighted by molar-refractivity contribution is 1.18. The minimum Gasteiger partial charge on any atom is -0.228 e. The van der Waals surface area contributed by atoms with Crippen molar-refractivity contribution in [3.8, 4) is 78.4 Å². The molecule has 2 heteroatoms. The average Bonchev–Trinajstić information content (AvgIpc) is 3.38. The van der Waals surface area contributed by atoms with Crippen LogP contribution in [0.3, 0.4) is 0 Å². The van der Waals surface area contributed by atoms with E-state index in [1.807, 2.05) is 24.3 Å². The summed E-state index contributed by atoms with van der Waals surface area (Å²) < 4.78 is 0. The average molecular weight is 813 g/mol. The highest BCUT2D eigenvalue weighted by Crippen LogP contribution is 2.41. The molecule has 64 heavy (non-hydrogen) atoms.